The molecule has 24 heavy (non-hydrogen) atoms. The van der Waals surface area contributed by atoms with E-state index in [-0.39, 0.29) is 30.1 Å². The summed E-state index contributed by atoms with van der Waals surface area (Å²) >= 11 is 3.17. The molecule has 1 fully saturated rings. The Bertz CT molecular complexity index is 750. The van der Waals surface area contributed by atoms with E-state index in [1.165, 1.54) is 24.3 Å². The summed E-state index contributed by atoms with van der Waals surface area (Å²) in [6.45, 7) is 0.0812. The highest BCUT2D eigenvalue weighted by Gasteiger charge is 2.32. The number of rotatable bonds is 6. The maximum atomic E-state index is 13.7. The third-order valence-corrected chi connectivity index (χ3v) is 4.29. The molecule has 0 spiro atoms. The molecule has 0 unspecified atom stereocenters. The van der Waals surface area contributed by atoms with E-state index in [2.05, 4.69) is 15.9 Å². The summed E-state index contributed by atoms with van der Waals surface area (Å²) in [5.74, 6) is -1.05. The van der Waals surface area contributed by atoms with Crippen molar-refractivity contribution in [3.63, 3.8) is 0 Å². The normalized spacial score (nSPS) is 13.6. The van der Waals surface area contributed by atoms with Gasteiger partial charge in [0.1, 0.15) is 5.82 Å². The zero-order valence-electron chi connectivity index (χ0n) is 12.8. The Hall–Kier alpha value is -1.95. The van der Waals surface area contributed by atoms with Crippen molar-refractivity contribution in [3.05, 3.63) is 64.1 Å². The summed E-state index contributed by atoms with van der Waals surface area (Å²) in [5.41, 5.74) is 0.727. The van der Waals surface area contributed by atoms with Gasteiger partial charge in [0.05, 0.1) is 0 Å². The van der Waals surface area contributed by atoms with Crippen molar-refractivity contribution in [2.24, 2.45) is 0 Å². The van der Waals surface area contributed by atoms with E-state index >= 15 is 0 Å². The Morgan fingerprint density at radius 1 is 1.21 bits per heavy atom. The number of benzene rings is 2. The first kappa shape index (κ1) is 16.9. The Balaban J connectivity index is 1.64. The predicted molar refractivity (Wildman–Crippen MR) is 89.6 cm³/mol. The molecule has 1 saturated carbocycles. The lowest BCUT2D eigenvalue weighted by molar-refractivity contribution is -0.134. The molecule has 2 aromatic rings. The maximum absolute atomic E-state index is 13.7. The van der Waals surface area contributed by atoms with Crippen molar-refractivity contribution in [3.8, 4) is 5.75 Å². The number of hydrogen-bond acceptors (Lipinski definition) is 2. The molecule has 1 aliphatic rings. The van der Waals surface area contributed by atoms with Crippen LogP contribution in [0.4, 0.5) is 8.78 Å². The molecule has 0 saturated heterocycles. The smallest absolute Gasteiger partial charge is 0.261 e. The van der Waals surface area contributed by atoms with E-state index in [1.807, 2.05) is 0 Å². The van der Waals surface area contributed by atoms with Gasteiger partial charge in [0.2, 0.25) is 0 Å². The van der Waals surface area contributed by atoms with Crippen LogP contribution in [0.1, 0.15) is 18.4 Å². The fourth-order valence-electron chi connectivity index (χ4n) is 2.45. The molecule has 0 radical (unpaired) electrons. The van der Waals surface area contributed by atoms with Crippen molar-refractivity contribution >= 4 is 21.8 Å². The van der Waals surface area contributed by atoms with Gasteiger partial charge >= 0.3 is 0 Å². The monoisotopic (exact) mass is 395 g/mol. The number of hydrogen-bond donors (Lipinski definition) is 0. The average Bonchev–Trinajstić information content (AvgIpc) is 3.36. The number of ether oxygens (including phenoxy) is 1. The van der Waals surface area contributed by atoms with Crippen LogP contribution in [0.2, 0.25) is 0 Å². The van der Waals surface area contributed by atoms with E-state index < -0.39 is 5.82 Å². The van der Waals surface area contributed by atoms with Gasteiger partial charge in [0, 0.05) is 17.1 Å². The molecule has 0 aliphatic heterocycles. The largest absolute Gasteiger partial charge is 0.481 e. The standard InChI is InChI=1S/C18H16BrF2NO2/c19-13-4-7-17(16(21)9-13)24-11-18(23)22(15-5-6-15)10-12-2-1-3-14(20)8-12/h1-4,7-9,15H,5-6,10-11H2. The summed E-state index contributed by atoms with van der Waals surface area (Å²) in [6.07, 6.45) is 1.85. The Morgan fingerprint density at radius 2 is 2.00 bits per heavy atom. The number of carbonyl (C=O) groups is 1. The highest BCUT2D eigenvalue weighted by molar-refractivity contribution is 9.10. The van der Waals surface area contributed by atoms with Gasteiger partial charge in [-0.15, -0.1) is 0 Å². The molecular formula is C18H16BrF2NO2. The topological polar surface area (TPSA) is 29.5 Å². The number of halogens is 3. The Labute approximate surface area is 147 Å². The second-order valence-corrected chi connectivity index (χ2v) is 6.66. The van der Waals surface area contributed by atoms with E-state index in [0.29, 0.717) is 11.0 Å². The van der Waals surface area contributed by atoms with Crippen LogP contribution >= 0.6 is 15.9 Å². The summed E-state index contributed by atoms with van der Waals surface area (Å²) in [7, 11) is 0. The summed E-state index contributed by atoms with van der Waals surface area (Å²) < 4.78 is 33.0. The van der Waals surface area contributed by atoms with Crippen molar-refractivity contribution in [1.82, 2.24) is 4.90 Å². The van der Waals surface area contributed by atoms with Gasteiger partial charge in [0.15, 0.2) is 18.2 Å². The first-order valence-corrected chi connectivity index (χ1v) is 8.44. The third kappa shape index (κ3) is 4.32. The number of carbonyl (C=O) groups excluding carboxylic acids is 1. The molecule has 1 aliphatic carbocycles. The van der Waals surface area contributed by atoms with Crippen molar-refractivity contribution in [1.29, 1.82) is 0 Å². The van der Waals surface area contributed by atoms with Crippen LogP contribution in [-0.4, -0.2) is 23.5 Å². The number of amides is 1. The lowest BCUT2D eigenvalue weighted by Crippen LogP contribution is -2.36. The van der Waals surface area contributed by atoms with Crippen LogP contribution in [0.25, 0.3) is 0 Å². The van der Waals surface area contributed by atoms with Gasteiger partial charge in [-0.25, -0.2) is 8.78 Å². The maximum Gasteiger partial charge on any atom is 0.261 e. The highest BCUT2D eigenvalue weighted by Crippen LogP contribution is 2.29. The zero-order valence-corrected chi connectivity index (χ0v) is 14.4. The quantitative estimate of drug-likeness (QED) is 0.729. The summed E-state index contributed by atoms with van der Waals surface area (Å²) in [5, 5.41) is 0. The average molecular weight is 396 g/mol. The summed E-state index contributed by atoms with van der Waals surface area (Å²) in [4.78, 5) is 14.1. The minimum atomic E-state index is -0.528. The van der Waals surface area contributed by atoms with E-state index in [9.17, 15) is 13.6 Å². The second-order valence-electron chi connectivity index (χ2n) is 5.75. The van der Waals surface area contributed by atoms with E-state index in [1.54, 1.807) is 23.1 Å². The van der Waals surface area contributed by atoms with Crippen molar-refractivity contribution in [2.75, 3.05) is 6.61 Å². The van der Waals surface area contributed by atoms with Gasteiger partial charge in [-0.3, -0.25) is 4.79 Å². The summed E-state index contributed by atoms with van der Waals surface area (Å²) in [6, 6.07) is 10.7. The number of nitrogens with zero attached hydrogens (tertiary/aromatic N) is 1. The van der Waals surface area contributed by atoms with Gasteiger partial charge in [-0.2, -0.15) is 0 Å². The van der Waals surface area contributed by atoms with E-state index in [4.69, 9.17) is 4.74 Å². The van der Waals surface area contributed by atoms with Crippen molar-refractivity contribution in [2.45, 2.75) is 25.4 Å². The van der Waals surface area contributed by atoms with Gasteiger partial charge in [-0.1, -0.05) is 28.1 Å². The van der Waals surface area contributed by atoms with Crippen LogP contribution in [0.3, 0.4) is 0 Å². The lowest BCUT2D eigenvalue weighted by atomic mass is 10.2. The molecule has 0 N–H and O–H groups in total. The molecule has 0 aromatic heterocycles. The molecule has 3 rings (SSSR count). The molecule has 6 heteroatoms. The van der Waals surface area contributed by atoms with Gasteiger partial charge in [-0.05, 0) is 48.7 Å². The minimum absolute atomic E-state index is 0.0352. The molecule has 0 heterocycles. The first-order chi connectivity index (χ1) is 11.5. The molecule has 2 aromatic carbocycles. The molecule has 0 bridgehead atoms. The van der Waals surface area contributed by atoms with Gasteiger partial charge < -0.3 is 9.64 Å². The van der Waals surface area contributed by atoms with Crippen LogP contribution in [0.15, 0.2) is 46.9 Å². The Kier molecular flexibility index (Phi) is 5.14. The zero-order chi connectivity index (χ0) is 17.1. The van der Waals surface area contributed by atoms with E-state index in [0.717, 1.165) is 18.4 Å². The molecule has 1 amide bonds. The molecule has 3 nitrogen and oxygen atoms in total. The first-order valence-electron chi connectivity index (χ1n) is 7.64. The fourth-order valence-corrected chi connectivity index (χ4v) is 2.79. The van der Waals surface area contributed by atoms with Crippen LogP contribution in [0.5, 0.6) is 5.75 Å². The molecule has 0 atom stereocenters. The van der Waals surface area contributed by atoms with Gasteiger partial charge in [0.25, 0.3) is 5.91 Å². The lowest BCUT2D eigenvalue weighted by Gasteiger charge is -2.22. The SMILES string of the molecule is O=C(COc1ccc(Br)cc1F)N(Cc1cccc(F)c1)C1CC1. The second kappa shape index (κ2) is 7.30. The van der Waals surface area contributed by atoms with Crippen LogP contribution in [0, 0.1) is 11.6 Å². The highest BCUT2D eigenvalue weighted by atomic mass is 79.9. The third-order valence-electron chi connectivity index (χ3n) is 3.80. The minimum Gasteiger partial charge on any atom is -0.481 e. The molecule has 126 valence electrons. The van der Waals surface area contributed by atoms with Crippen molar-refractivity contribution < 1.29 is 18.3 Å². The predicted octanol–water partition coefficient (Wildman–Crippen LogP) is 4.30. The Morgan fingerprint density at radius 3 is 2.67 bits per heavy atom. The fraction of sp³-hybridized carbons (Fsp3) is 0.278. The molecular weight excluding hydrogens is 380 g/mol. The van der Waals surface area contributed by atoms with Crippen LogP contribution < -0.4 is 4.74 Å². The van der Waals surface area contributed by atoms with Crippen LogP contribution in [-0.2, 0) is 11.3 Å².